The Kier molecular flexibility index (Phi) is 3.94. The third-order valence-electron chi connectivity index (χ3n) is 4.10. The summed E-state index contributed by atoms with van der Waals surface area (Å²) in [5.41, 5.74) is -0.532. The summed E-state index contributed by atoms with van der Waals surface area (Å²) in [5, 5.41) is 11.1. The van der Waals surface area contributed by atoms with E-state index in [0.29, 0.717) is 17.5 Å². The summed E-state index contributed by atoms with van der Waals surface area (Å²) in [6.07, 6.45) is -2.36. The Morgan fingerprint density at radius 2 is 2.04 bits per heavy atom. The van der Waals surface area contributed by atoms with Gasteiger partial charge in [-0.2, -0.15) is 13.2 Å². The monoisotopic (exact) mass is 351 g/mol. The van der Waals surface area contributed by atoms with Gasteiger partial charge in [0.2, 0.25) is 0 Å². The molecule has 1 amide bonds. The van der Waals surface area contributed by atoms with Crippen LogP contribution in [0, 0.1) is 17.0 Å². The molecule has 1 aromatic heterocycles. The van der Waals surface area contributed by atoms with Crippen LogP contribution in [0.2, 0.25) is 0 Å². The van der Waals surface area contributed by atoms with Crippen LogP contribution < -0.4 is 4.90 Å². The van der Waals surface area contributed by atoms with E-state index >= 15 is 0 Å². The van der Waals surface area contributed by atoms with Gasteiger partial charge in [-0.3, -0.25) is 19.9 Å². The number of carbonyl (C=O) groups excluding carboxylic acids is 1. The molecule has 2 aromatic rings. The Bertz CT molecular complexity index is 881. The minimum absolute atomic E-state index is 0.0395. The number of halogens is 3. The molecule has 25 heavy (non-hydrogen) atoms. The Morgan fingerprint density at radius 1 is 1.32 bits per heavy atom. The van der Waals surface area contributed by atoms with Gasteiger partial charge in [0.25, 0.3) is 11.6 Å². The summed E-state index contributed by atoms with van der Waals surface area (Å²) in [7, 11) is 0. The number of aromatic nitrogens is 1. The fourth-order valence-electron chi connectivity index (χ4n) is 2.91. The van der Waals surface area contributed by atoms with Crippen LogP contribution in [0.25, 0.3) is 0 Å². The average molecular weight is 351 g/mol. The number of hydrogen-bond donors (Lipinski definition) is 0. The molecule has 9 heteroatoms. The molecule has 0 saturated heterocycles. The molecule has 0 N–H and O–H groups in total. The highest BCUT2D eigenvalue weighted by Crippen LogP contribution is 2.38. The largest absolute Gasteiger partial charge is 0.418 e. The van der Waals surface area contributed by atoms with E-state index in [1.807, 2.05) is 0 Å². The number of amides is 1. The Morgan fingerprint density at radius 3 is 2.68 bits per heavy atom. The fraction of sp³-hybridized carbons (Fsp3) is 0.250. The van der Waals surface area contributed by atoms with Crippen LogP contribution in [-0.4, -0.2) is 22.4 Å². The van der Waals surface area contributed by atoms with Gasteiger partial charge < -0.3 is 4.90 Å². The molecule has 1 aromatic carbocycles. The number of anilines is 1. The number of alkyl halides is 3. The van der Waals surface area contributed by atoms with Crippen LogP contribution in [0.3, 0.4) is 0 Å². The highest BCUT2D eigenvalue weighted by atomic mass is 19.4. The lowest BCUT2D eigenvalue weighted by Gasteiger charge is -2.30. The number of rotatable bonds is 2. The van der Waals surface area contributed by atoms with E-state index in [1.54, 1.807) is 6.92 Å². The van der Waals surface area contributed by atoms with Gasteiger partial charge in [0.1, 0.15) is 0 Å². The molecule has 0 fully saturated rings. The molecule has 0 atom stereocenters. The maximum Gasteiger partial charge on any atom is 0.418 e. The maximum absolute atomic E-state index is 13.2. The van der Waals surface area contributed by atoms with E-state index in [0.717, 1.165) is 29.4 Å². The molecule has 0 bridgehead atoms. The summed E-state index contributed by atoms with van der Waals surface area (Å²) in [4.78, 5) is 27.8. The lowest BCUT2D eigenvalue weighted by Crippen LogP contribution is -2.39. The van der Waals surface area contributed by atoms with Gasteiger partial charge in [-0.25, -0.2) is 0 Å². The molecular formula is C16H12F3N3O3. The number of carbonyl (C=O) groups is 1. The Balaban J connectivity index is 2.09. The first-order chi connectivity index (χ1) is 11.7. The zero-order chi connectivity index (χ0) is 18.4. The van der Waals surface area contributed by atoms with Crippen LogP contribution >= 0.6 is 0 Å². The molecule has 0 unspecified atom stereocenters. The number of nitro benzene ring substituents is 1. The van der Waals surface area contributed by atoms with Crippen molar-refractivity contribution in [1.29, 1.82) is 0 Å². The standard InChI is InChI=1S/C16H12F3N3O3/c1-9-6-10-3-5-21(15(23)11(10)7-13(9)22(24)25)14-8-20-4-2-12(14)16(17,18)19/h2,4,6-8H,3,5H2,1H3. The minimum atomic E-state index is -4.64. The van der Waals surface area contributed by atoms with E-state index in [-0.39, 0.29) is 23.5 Å². The van der Waals surface area contributed by atoms with Gasteiger partial charge >= 0.3 is 6.18 Å². The second kappa shape index (κ2) is 5.83. The molecule has 0 spiro atoms. The third-order valence-corrected chi connectivity index (χ3v) is 4.10. The van der Waals surface area contributed by atoms with Crippen molar-refractivity contribution in [3.63, 3.8) is 0 Å². The summed E-state index contributed by atoms with van der Waals surface area (Å²) in [5.74, 6) is -0.706. The number of nitrogens with zero attached hydrogens (tertiary/aromatic N) is 3. The first kappa shape index (κ1) is 16.9. The molecule has 0 saturated carbocycles. The first-order valence-corrected chi connectivity index (χ1v) is 7.31. The van der Waals surface area contributed by atoms with E-state index in [9.17, 15) is 28.1 Å². The molecule has 2 heterocycles. The molecule has 3 rings (SSSR count). The molecule has 1 aliphatic rings. The van der Waals surface area contributed by atoms with Crippen molar-refractivity contribution >= 4 is 17.3 Å². The van der Waals surface area contributed by atoms with Gasteiger partial charge in [-0.05, 0) is 31.0 Å². The lowest BCUT2D eigenvalue weighted by molar-refractivity contribution is -0.385. The number of hydrogen-bond acceptors (Lipinski definition) is 4. The highest BCUT2D eigenvalue weighted by molar-refractivity contribution is 6.09. The summed E-state index contributed by atoms with van der Waals surface area (Å²) in [6, 6.07) is 3.47. The van der Waals surface area contributed by atoms with Crippen molar-refractivity contribution in [2.75, 3.05) is 11.4 Å². The van der Waals surface area contributed by atoms with Crippen molar-refractivity contribution in [2.24, 2.45) is 0 Å². The van der Waals surface area contributed by atoms with E-state index in [4.69, 9.17) is 0 Å². The molecule has 1 aliphatic heterocycles. The lowest BCUT2D eigenvalue weighted by atomic mass is 9.95. The predicted molar refractivity (Wildman–Crippen MR) is 82.5 cm³/mol. The van der Waals surface area contributed by atoms with Crippen LogP contribution in [-0.2, 0) is 12.6 Å². The van der Waals surface area contributed by atoms with E-state index in [1.165, 1.54) is 6.07 Å². The van der Waals surface area contributed by atoms with Crippen molar-refractivity contribution in [3.05, 3.63) is 63.0 Å². The quantitative estimate of drug-likeness (QED) is 0.613. The molecular weight excluding hydrogens is 339 g/mol. The topological polar surface area (TPSA) is 76.3 Å². The zero-order valence-electron chi connectivity index (χ0n) is 13.0. The minimum Gasteiger partial charge on any atom is -0.306 e. The smallest absolute Gasteiger partial charge is 0.306 e. The van der Waals surface area contributed by atoms with Gasteiger partial charge in [-0.1, -0.05) is 0 Å². The average Bonchev–Trinajstić information content (AvgIpc) is 2.53. The normalized spacial score (nSPS) is 14.4. The van der Waals surface area contributed by atoms with Crippen molar-refractivity contribution < 1.29 is 22.9 Å². The summed E-state index contributed by atoms with van der Waals surface area (Å²) >= 11 is 0. The zero-order valence-corrected chi connectivity index (χ0v) is 13.0. The van der Waals surface area contributed by atoms with Crippen LogP contribution in [0.5, 0.6) is 0 Å². The number of nitro groups is 1. The van der Waals surface area contributed by atoms with E-state index in [2.05, 4.69) is 4.98 Å². The SMILES string of the molecule is Cc1cc2c(cc1[N+](=O)[O-])C(=O)N(c1cnccc1C(F)(F)F)CC2. The van der Waals surface area contributed by atoms with Gasteiger partial charge in [0.15, 0.2) is 0 Å². The number of pyridine rings is 1. The second-order valence-electron chi connectivity index (χ2n) is 5.65. The Labute approximate surface area is 140 Å². The fourth-order valence-corrected chi connectivity index (χ4v) is 2.91. The van der Waals surface area contributed by atoms with E-state index < -0.39 is 22.6 Å². The van der Waals surface area contributed by atoms with Crippen molar-refractivity contribution in [3.8, 4) is 0 Å². The van der Waals surface area contributed by atoms with Crippen molar-refractivity contribution in [2.45, 2.75) is 19.5 Å². The van der Waals surface area contributed by atoms with Gasteiger partial charge in [-0.15, -0.1) is 0 Å². The summed E-state index contributed by atoms with van der Waals surface area (Å²) < 4.78 is 39.6. The molecule has 6 nitrogen and oxygen atoms in total. The van der Waals surface area contributed by atoms with Crippen molar-refractivity contribution in [1.82, 2.24) is 4.98 Å². The molecule has 0 aliphatic carbocycles. The number of benzene rings is 1. The number of aryl methyl sites for hydroxylation is 1. The van der Waals surface area contributed by atoms with Gasteiger partial charge in [0, 0.05) is 29.9 Å². The second-order valence-corrected chi connectivity index (χ2v) is 5.65. The van der Waals surface area contributed by atoms with Crippen LogP contribution in [0.1, 0.15) is 27.0 Å². The predicted octanol–water partition coefficient (Wildman–Crippen LogP) is 3.52. The highest BCUT2D eigenvalue weighted by Gasteiger charge is 2.38. The number of fused-ring (bicyclic) bond motifs is 1. The molecule has 130 valence electrons. The van der Waals surface area contributed by atoms with Crippen LogP contribution in [0.15, 0.2) is 30.6 Å². The Hall–Kier alpha value is -2.97. The first-order valence-electron chi connectivity index (χ1n) is 7.31. The third kappa shape index (κ3) is 2.92. The van der Waals surface area contributed by atoms with Crippen LogP contribution in [0.4, 0.5) is 24.5 Å². The maximum atomic E-state index is 13.2. The molecule has 0 radical (unpaired) electrons. The van der Waals surface area contributed by atoms with Gasteiger partial charge in [0.05, 0.1) is 22.4 Å². The summed E-state index contributed by atoms with van der Waals surface area (Å²) in [6.45, 7) is 1.59.